The van der Waals surface area contributed by atoms with Gasteiger partial charge in [0.25, 0.3) is 5.91 Å². The van der Waals surface area contributed by atoms with Crippen molar-refractivity contribution in [3.05, 3.63) is 59.7 Å². The van der Waals surface area contributed by atoms with Crippen LogP contribution in [0, 0.1) is 0 Å². The fourth-order valence-electron chi connectivity index (χ4n) is 2.54. The van der Waals surface area contributed by atoms with Crippen molar-refractivity contribution >= 4 is 12.1 Å². The molecule has 0 aliphatic carbocycles. The molecule has 27 heavy (non-hydrogen) atoms. The lowest BCUT2D eigenvalue weighted by molar-refractivity contribution is -0.126. The summed E-state index contributed by atoms with van der Waals surface area (Å²) in [6.45, 7) is 1.85. The predicted octanol–water partition coefficient (Wildman–Crippen LogP) is 3.19. The second kappa shape index (κ2) is 10.9. The molecule has 2 aromatic rings. The Hall–Kier alpha value is -3.02. The number of amides is 1. The molecule has 0 unspecified atom stereocenters. The van der Waals surface area contributed by atoms with E-state index in [1.807, 2.05) is 31.2 Å². The summed E-state index contributed by atoms with van der Waals surface area (Å²) in [5.74, 6) is 1.05. The van der Waals surface area contributed by atoms with E-state index in [1.165, 1.54) is 11.8 Å². The van der Waals surface area contributed by atoms with E-state index in [9.17, 15) is 4.79 Å². The van der Waals surface area contributed by atoms with Crippen LogP contribution in [-0.4, -0.2) is 39.0 Å². The van der Waals surface area contributed by atoms with Crippen molar-refractivity contribution in [2.75, 3.05) is 20.8 Å². The highest BCUT2D eigenvalue weighted by Crippen LogP contribution is 2.26. The number of oxime groups is 1. The van der Waals surface area contributed by atoms with Crippen LogP contribution in [0.25, 0.3) is 0 Å². The standard InChI is InChI=1S/C21H26N2O4/c1-16(9-10-17-7-5-4-6-8-17)23-21(24)15-27-22-14-18-11-12-19(25-2)20(13-18)26-3/h4-8,11-14,16H,9-10,15H2,1-3H3,(H,23,24)/b22-14-/t16-/m0/s1. The van der Waals surface area contributed by atoms with Crippen LogP contribution in [0.1, 0.15) is 24.5 Å². The highest BCUT2D eigenvalue weighted by molar-refractivity contribution is 5.81. The van der Waals surface area contributed by atoms with Crippen LogP contribution in [0.15, 0.2) is 53.7 Å². The van der Waals surface area contributed by atoms with Gasteiger partial charge in [0.2, 0.25) is 0 Å². The molecule has 0 aliphatic rings. The van der Waals surface area contributed by atoms with Gasteiger partial charge in [0.15, 0.2) is 18.1 Å². The summed E-state index contributed by atoms with van der Waals surface area (Å²) in [5, 5.41) is 6.74. The Morgan fingerprint density at radius 2 is 1.85 bits per heavy atom. The highest BCUT2D eigenvalue weighted by atomic mass is 16.6. The normalized spacial score (nSPS) is 11.8. The number of benzene rings is 2. The van der Waals surface area contributed by atoms with Gasteiger partial charge in [0.1, 0.15) is 0 Å². The Morgan fingerprint density at radius 1 is 1.11 bits per heavy atom. The number of carbonyl (C=O) groups excluding carboxylic acids is 1. The van der Waals surface area contributed by atoms with Crippen LogP contribution in [-0.2, 0) is 16.1 Å². The maximum Gasteiger partial charge on any atom is 0.260 e. The van der Waals surface area contributed by atoms with Gasteiger partial charge in [-0.15, -0.1) is 0 Å². The van der Waals surface area contributed by atoms with Crippen molar-refractivity contribution in [3.63, 3.8) is 0 Å². The van der Waals surface area contributed by atoms with E-state index in [0.29, 0.717) is 11.5 Å². The smallest absolute Gasteiger partial charge is 0.260 e. The topological polar surface area (TPSA) is 69.2 Å². The summed E-state index contributed by atoms with van der Waals surface area (Å²) in [6, 6.07) is 15.6. The number of hydrogen-bond donors (Lipinski definition) is 1. The molecule has 0 heterocycles. The molecule has 1 amide bonds. The van der Waals surface area contributed by atoms with Gasteiger partial charge in [-0.3, -0.25) is 4.79 Å². The summed E-state index contributed by atoms with van der Waals surface area (Å²) < 4.78 is 10.4. The van der Waals surface area contributed by atoms with Crippen molar-refractivity contribution in [1.29, 1.82) is 0 Å². The number of methoxy groups -OCH3 is 2. The van der Waals surface area contributed by atoms with E-state index in [4.69, 9.17) is 14.3 Å². The van der Waals surface area contributed by atoms with Gasteiger partial charge in [0, 0.05) is 11.6 Å². The number of rotatable bonds is 10. The molecule has 0 radical (unpaired) electrons. The van der Waals surface area contributed by atoms with E-state index in [-0.39, 0.29) is 18.6 Å². The first kappa shape index (κ1) is 20.3. The number of nitrogens with one attached hydrogen (secondary N) is 1. The summed E-state index contributed by atoms with van der Waals surface area (Å²) in [6.07, 6.45) is 3.30. The quantitative estimate of drug-likeness (QED) is 0.515. The minimum absolute atomic E-state index is 0.0659. The molecular weight excluding hydrogens is 344 g/mol. The number of ether oxygens (including phenoxy) is 2. The minimum atomic E-state index is -0.194. The SMILES string of the molecule is COc1ccc(/C=N\OCC(=O)N[C@@H](C)CCc2ccccc2)cc1OC. The monoisotopic (exact) mass is 370 g/mol. The molecule has 2 aromatic carbocycles. The van der Waals surface area contributed by atoms with Crippen LogP contribution < -0.4 is 14.8 Å². The van der Waals surface area contributed by atoms with Gasteiger partial charge in [-0.1, -0.05) is 35.5 Å². The minimum Gasteiger partial charge on any atom is -0.493 e. The van der Waals surface area contributed by atoms with Crippen molar-refractivity contribution in [3.8, 4) is 11.5 Å². The lowest BCUT2D eigenvalue weighted by Gasteiger charge is -2.13. The fourth-order valence-corrected chi connectivity index (χ4v) is 2.54. The largest absolute Gasteiger partial charge is 0.493 e. The predicted molar refractivity (Wildman–Crippen MR) is 105 cm³/mol. The average Bonchev–Trinajstić information content (AvgIpc) is 2.70. The van der Waals surface area contributed by atoms with E-state index in [0.717, 1.165) is 18.4 Å². The fraction of sp³-hybridized carbons (Fsp3) is 0.333. The Labute approximate surface area is 160 Å². The summed E-state index contributed by atoms with van der Waals surface area (Å²) in [5.41, 5.74) is 2.04. The second-order valence-electron chi connectivity index (χ2n) is 6.12. The Bertz CT molecular complexity index is 747. The highest BCUT2D eigenvalue weighted by Gasteiger charge is 2.08. The third kappa shape index (κ3) is 7.01. The van der Waals surface area contributed by atoms with Crippen molar-refractivity contribution < 1.29 is 19.1 Å². The molecule has 144 valence electrons. The molecular formula is C21H26N2O4. The Balaban J connectivity index is 1.71. The molecule has 0 saturated heterocycles. The maximum absolute atomic E-state index is 11.9. The number of nitrogens with zero attached hydrogens (tertiary/aromatic N) is 1. The van der Waals surface area contributed by atoms with Gasteiger partial charge in [-0.2, -0.15) is 0 Å². The molecule has 2 rings (SSSR count). The van der Waals surface area contributed by atoms with Gasteiger partial charge in [-0.05, 0) is 43.5 Å². The van der Waals surface area contributed by atoms with Crippen LogP contribution >= 0.6 is 0 Å². The van der Waals surface area contributed by atoms with E-state index >= 15 is 0 Å². The van der Waals surface area contributed by atoms with Crippen LogP contribution in [0.3, 0.4) is 0 Å². The zero-order valence-electron chi connectivity index (χ0n) is 16.0. The number of carbonyl (C=O) groups is 1. The number of aryl methyl sites for hydroxylation is 1. The Kier molecular flexibility index (Phi) is 8.16. The van der Waals surface area contributed by atoms with E-state index in [1.54, 1.807) is 26.4 Å². The molecule has 6 nitrogen and oxygen atoms in total. The Morgan fingerprint density at radius 3 is 2.56 bits per heavy atom. The van der Waals surface area contributed by atoms with Crippen LogP contribution in [0.4, 0.5) is 0 Å². The van der Waals surface area contributed by atoms with Crippen molar-refractivity contribution in [1.82, 2.24) is 5.32 Å². The molecule has 0 fully saturated rings. The van der Waals surface area contributed by atoms with E-state index in [2.05, 4.69) is 22.6 Å². The zero-order chi connectivity index (χ0) is 19.5. The van der Waals surface area contributed by atoms with Crippen LogP contribution in [0.5, 0.6) is 11.5 Å². The van der Waals surface area contributed by atoms with Gasteiger partial charge >= 0.3 is 0 Å². The van der Waals surface area contributed by atoms with Gasteiger partial charge < -0.3 is 19.6 Å². The molecule has 0 spiro atoms. The molecule has 6 heteroatoms. The zero-order valence-corrected chi connectivity index (χ0v) is 16.0. The lowest BCUT2D eigenvalue weighted by atomic mass is 10.1. The lowest BCUT2D eigenvalue weighted by Crippen LogP contribution is -2.35. The molecule has 0 aliphatic heterocycles. The van der Waals surface area contributed by atoms with Gasteiger partial charge in [-0.25, -0.2) is 0 Å². The third-order valence-electron chi connectivity index (χ3n) is 4.00. The summed E-state index contributed by atoms with van der Waals surface area (Å²) >= 11 is 0. The summed E-state index contributed by atoms with van der Waals surface area (Å²) in [7, 11) is 3.15. The van der Waals surface area contributed by atoms with Crippen molar-refractivity contribution in [2.24, 2.45) is 5.16 Å². The first-order chi connectivity index (χ1) is 13.1. The molecule has 0 saturated carbocycles. The first-order valence-electron chi connectivity index (χ1n) is 8.83. The summed E-state index contributed by atoms with van der Waals surface area (Å²) in [4.78, 5) is 17.0. The second-order valence-corrected chi connectivity index (χ2v) is 6.12. The maximum atomic E-state index is 11.9. The van der Waals surface area contributed by atoms with Gasteiger partial charge in [0.05, 0.1) is 20.4 Å². The molecule has 1 N–H and O–H groups in total. The molecule has 0 bridgehead atoms. The molecule has 0 aromatic heterocycles. The third-order valence-corrected chi connectivity index (χ3v) is 4.00. The van der Waals surface area contributed by atoms with Crippen molar-refractivity contribution in [2.45, 2.75) is 25.8 Å². The van der Waals surface area contributed by atoms with Crippen LogP contribution in [0.2, 0.25) is 0 Å². The number of hydrogen-bond acceptors (Lipinski definition) is 5. The van der Waals surface area contributed by atoms with E-state index < -0.39 is 0 Å². The first-order valence-corrected chi connectivity index (χ1v) is 8.83. The average molecular weight is 370 g/mol. The molecule has 1 atom stereocenters.